The van der Waals surface area contributed by atoms with Crippen LogP contribution < -0.4 is 10.7 Å². The summed E-state index contributed by atoms with van der Waals surface area (Å²) in [6, 6.07) is 17.0. The van der Waals surface area contributed by atoms with E-state index in [0.29, 0.717) is 5.25 Å². The first kappa shape index (κ1) is 17.2. The maximum atomic E-state index is 5.02. The Hall–Kier alpha value is -2.54. The van der Waals surface area contributed by atoms with Gasteiger partial charge in [-0.2, -0.15) is 0 Å². The van der Waals surface area contributed by atoms with Crippen LogP contribution in [0.4, 0.5) is 17.1 Å². The van der Waals surface area contributed by atoms with Crippen molar-refractivity contribution in [1.82, 2.24) is 0 Å². The summed E-state index contributed by atoms with van der Waals surface area (Å²) in [5, 5.41) is 2.35. The van der Waals surface area contributed by atoms with Crippen LogP contribution in [-0.4, -0.2) is 11.0 Å². The number of para-hydroxylation sites is 1. The average molecular weight is 440 g/mol. The van der Waals surface area contributed by atoms with Crippen molar-refractivity contribution in [1.29, 1.82) is 0 Å². The molecule has 3 aromatic carbocycles. The lowest BCUT2D eigenvalue weighted by atomic mass is 10.1. The molecule has 3 aliphatic heterocycles. The predicted molar refractivity (Wildman–Crippen MR) is 124 cm³/mol. The van der Waals surface area contributed by atoms with Crippen LogP contribution in [0.1, 0.15) is 0 Å². The van der Waals surface area contributed by atoms with E-state index in [4.69, 9.17) is 15.0 Å². The highest BCUT2D eigenvalue weighted by atomic mass is 32.2. The van der Waals surface area contributed by atoms with Crippen LogP contribution in [-0.2, 0) is 0 Å². The average Bonchev–Trinajstić information content (AvgIpc) is 2.77. The lowest BCUT2D eigenvalue weighted by Gasteiger charge is -2.23. The summed E-state index contributed by atoms with van der Waals surface area (Å²) in [4.78, 5) is 20.7. The molecule has 142 valence electrons. The van der Waals surface area contributed by atoms with E-state index in [-0.39, 0.29) is 0 Å². The van der Waals surface area contributed by atoms with Gasteiger partial charge in [-0.3, -0.25) is 4.99 Å². The molecule has 0 saturated carbocycles. The quantitative estimate of drug-likeness (QED) is 0.289. The molecule has 3 heterocycles. The van der Waals surface area contributed by atoms with Gasteiger partial charge in [0.15, 0.2) is 0 Å². The number of rotatable bonds is 0. The second kappa shape index (κ2) is 6.48. The Balaban J connectivity index is 1.37. The van der Waals surface area contributed by atoms with Crippen LogP contribution in [0.3, 0.4) is 0 Å². The largest absolute Gasteiger partial charge is 0.251 e. The lowest BCUT2D eigenvalue weighted by molar-refractivity contribution is 1.07. The zero-order valence-corrected chi connectivity index (χ0v) is 18.0. The SMILES string of the molecule is C1=CC2=Nc3cc4c(cc3SC2C=C1)N=c1cc2c(cc1S4)=Nc1ccccc1S2. The first-order chi connectivity index (χ1) is 14.8. The number of hydrogen-bond acceptors (Lipinski definition) is 6. The monoisotopic (exact) mass is 439 g/mol. The predicted octanol–water partition coefficient (Wildman–Crippen LogP) is 6.19. The zero-order chi connectivity index (χ0) is 19.7. The third-order valence-corrected chi connectivity index (χ3v) is 8.77. The van der Waals surface area contributed by atoms with Crippen molar-refractivity contribution in [3.63, 3.8) is 0 Å². The molecular formula is C24H13N3S3. The summed E-state index contributed by atoms with van der Waals surface area (Å²) in [5.41, 5.74) is 4.24. The van der Waals surface area contributed by atoms with Crippen LogP contribution >= 0.6 is 35.3 Å². The highest BCUT2D eigenvalue weighted by Gasteiger charge is 2.25. The van der Waals surface area contributed by atoms with E-state index in [1.54, 1.807) is 23.5 Å². The maximum absolute atomic E-state index is 5.02. The molecule has 0 bridgehead atoms. The third kappa shape index (κ3) is 2.68. The Morgan fingerprint density at radius 2 is 1.37 bits per heavy atom. The third-order valence-electron chi connectivity index (χ3n) is 5.33. The molecule has 0 aromatic heterocycles. The van der Waals surface area contributed by atoms with Gasteiger partial charge in [-0.05, 0) is 42.5 Å². The van der Waals surface area contributed by atoms with Crippen molar-refractivity contribution in [3.05, 3.63) is 83.5 Å². The lowest BCUT2D eigenvalue weighted by Crippen LogP contribution is -2.18. The molecule has 1 aliphatic carbocycles. The molecule has 0 fully saturated rings. The van der Waals surface area contributed by atoms with E-state index in [1.165, 1.54) is 14.7 Å². The summed E-state index contributed by atoms with van der Waals surface area (Å²) >= 11 is 5.39. The van der Waals surface area contributed by atoms with Gasteiger partial charge < -0.3 is 0 Å². The Bertz CT molecular complexity index is 1480. The van der Waals surface area contributed by atoms with Gasteiger partial charge in [-0.1, -0.05) is 53.9 Å². The number of thioether (sulfide) groups is 1. The van der Waals surface area contributed by atoms with Gasteiger partial charge in [0.05, 0.1) is 38.7 Å². The van der Waals surface area contributed by atoms with Gasteiger partial charge in [0.25, 0.3) is 0 Å². The fraction of sp³-hybridized carbons (Fsp3) is 0.0417. The van der Waals surface area contributed by atoms with Gasteiger partial charge in [0, 0.05) is 24.5 Å². The minimum atomic E-state index is 0.300. The van der Waals surface area contributed by atoms with Crippen LogP contribution in [0, 0.1) is 0 Å². The van der Waals surface area contributed by atoms with Crippen LogP contribution in [0.5, 0.6) is 0 Å². The van der Waals surface area contributed by atoms with E-state index >= 15 is 0 Å². The number of nitrogens with zero attached hydrogens (tertiary/aromatic N) is 3. The Kier molecular flexibility index (Phi) is 3.71. The molecule has 0 amide bonds. The van der Waals surface area contributed by atoms with Crippen LogP contribution in [0.2, 0.25) is 0 Å². The molecule has 6 heteroatoms. The second-order valence-electron chi connectivity index (χ2n) is 7.29. The summed E-state index contributed by atoms with van der Waals surface area (Å²) in [7, 11) is 0. The summed E-state index contributed by atoms with van der Waals surface area (Å²) < 4.78 is 0. The molecule has 0 spiro atoms. The van der Waals surface area contributed by atoms with E-state index in [2.05, 4.69) is 66.8 Å². The molecule has 3 aromatic rings. The van der Waals surface area contributed by atoms with E-state index in [1.807, 2.05) is 17.8 Å². The Morgan fingerprint density at radius 1 is 0.633 bits per heavy atom. The Labute approximate surface area is 185 Å². The normalized spacial score (nSPS) is 19.1. The molecule has 1 atom stereocenters. The highest BCUT2D eigenvalue weighted by Crippen LogP contribution is 2.47. The number of benzene rings is 3. The molecular weight excluding hydrogens is 426 g/mol. The van der Waals surface area contributed by atoms with Gasteiger partial charge >= 0.3 is 0 Å². The fourth-order valence-electron chi connectivity index (χ4n) is 3.89. The first-order valence-corrected chi connectivity index (χ1v) is 12.2. The molecule has 0 N–H and O–H groups in total. The van der Waals surface area contributed by atoms with Gasteiger partial charge in [0.2, 0.25) is 0 Å². The van der Waals surface area contributed by atoms with Crippen LogP contribution in [0.15, 0.2) is 112 Å². The second-order valence-corrected chi connectivity index (χ2v) is 10.6. The molecule has 4 aliphatic rings. The van der Waals surface area contributed by atoms with E-state index in [9.17, 15) is 0 Å². The van der Waals surface area contributed by atoms with Gasteiger partial charge in [0.1, 0.15) is 0 Å². The van der Waals surface area contributed by atoms with Crippen molar-refractivity contribution < 1.29 is 0 Å². The van der Waals surface area contributed by atoms with Crippen molar-refractivity contribution in [2.24, 2.45) is 15.0 Å². The van der Waals surface area contributed by atoms with Crippen molar-refractivity contribution in [2.45, 2.75) is 29.7 Å². The van der Waals surface area contributed by atoms with Crippen LogP contribution in [0.25, 0.3) is 0 Å². The smallest absolute Gasteiger partial charge is 0.0789 e. The minimum absolute atomic E-state index is 0.300. The molecule has 0 saturated heterocycles. The summed E-state index contributed by atoms with van der Waals surface area (Å²) in [5.74, 6) is 0. The van der Waals surface area contributed by atoms with E-state index in [0.717, 1.165) is 43.3 Å². The standard InChI is InChI=1S/C24H13N3S3/c1-3-7-19-13(5-1)25-15-9-23-17(11-21(15)28-19)27-18-12-22-16(10-24(18)30-23)26-14-6-2-4-8-20(14)29-22/h1-12,19H. The number of aliphatic imine (C=N–C) groups is 1. The number of fused-ring (bicyclic) bond motifs is 6. The minimum Gasteiger partial charge on any atom is -0.251 e. The van der Waals surface area contributed by atoms with Crippen molar-refractivity contribution in [2.75, 3.05) is 0 Å². The highest BCUT2D eigenvalue weighted by molar-refractivity contribution is 8.01. The van der Waals surface area contributed by atoms with Gasteiger partial charge in [-0.15, -0.1) is 11.8 Å². The summed E-state index contributed by atoms with van der Waals surface area (Å²) in [6.45, 7) is 0. The molecule has 3 nitrogen and oxygen atoms in total. The number of hydrogen-bond donors (Lipinski definition) is 0. The first-order valence-electron chi connectivity index (χ1n) is 9.65. The summed E-state index contributed by atoms with van der Waals surface area (Å²) in [6.07, 6.45) is 8.47. The van der Waals surface area contributed by atoms with Crippen molar-refractivity contribution >= 4 is 58.1 Å². The van der Waals surface area contributed by atoms with Gasteiger partial charge in [-0.25, -0.2) is 9.98 Å². The molecule has 30 heavy (non-hydrogen) atoms. The molecule has 7 rings (SSSR count). The van der Waals surface area contributed by atoms with Crippen molar-refractivity contribution in [3.8, 4) is 0 Å². The van der Waals surface area contributed by atoms with E-state index < -0.39 is 0 Å². The molecule has 0 radical (unpaired) electrons. The molecule has 1 unspecified atom stereocenters. The topological polar surface area (TPSA) is 37.1 Å². The fourth-order valence-corrected chi connectivity index (χ4v) is 6.97. The zero-order valence-electron chi connectivity index (χ0n) is 15.6. The number of allylic oxidation sites excluding steroid dienone is 3. The maximum Gasteiger partial charge on any atom is 0.0789 e. The Morgan fingerprint density at radius 3 is 2.27 bits per heavy atom.